The van der Waals surface area contributed by atoms with Gasteiger partial charge in [0.05, 0.1) is 17.0 Å². The Kier molecular flexibility index (Phi) is 6.54. The number of rotatable bonds is 6. The molecule has 1 saturated carbocycles. The molecule has 1 amide bonds. The van der Waals surface area contributed by atoms with Crippen molar-refractivity contribution >= 4 is 46.0 Å². The Balaban J connectivity index is 1.51. The molecule has 2 aromatic carbocycles. The number of carbonyl (C=O) groups excluding carboxylic acids is 1. The number of benzene rings is 2. The molecule has 0 aliphatic heterocycles. The Morgan fingerprint density at radius 1 is 1.00 bits per heavy atom. The van der Waals surface area contributed by atoms with Crippen LogP contribution in [0, 0.1) is 11.8 Å². The van der Waals surface area contributed by atoms with Crippen LogP contribution in [0.4, 0.5) is 0 Å². The van der Waals surface area contributed by atoms with E-state index in [-0.39, 0.29) is 11.8 Å². The number of halogens is 2. The van der Waals surface area contributed by atoms with E-state index in [0.29, 0.717) is 47.5 Å². The van der Waals surface area contributed by atoms with Crippen LogP contribution in [-0.4, -0.2) is 28.1 Å². The molecule has 0 radical (unpaired) electrons. The van der Waals surface area contributed by atoms with E-state index >= 15 is 0 Å². The molecule has 1 heterocycles. The Labute approximate surface area is 191 Å². The lowest BCUT2D eigenvalue weighted by molar-refractivity contribution is -0.143. The molecule has 0 spiro atoms. The van der Waals surface area contributed by atoms with Gasteiger partial charge in [-0.05, 0) is 67.5 Å². The third-order valence-corrected chi connectivity index (χ3v) is 6.55. The standard InChI is InChI=1S/C24H24Cl2N2O3/c25-19-7-3-16(4-8-19)14-28-10-9-18-11-20(26)12-21(22(18)28)23(29)27-13-15-1-5-17(6-2-15)24(30)31/h3-4,7-12,15,17H,1-2,5-6,13-14H2,(H,27,29)(H,30,31)/t15-,17-. The maximum Gasteiger partial charge on any atom is 0.306 e. The van der Waals surface area contributed by atoms with Crippen molar-refractivity contribution in [3.8, 4) is 0 Å². The molecule has 0 atom stereocenters. The van der Waals surface area contributed by atoms with Crippen LogP contribution in [0.15, 0.2) is 48.7 Å². The summed E-state index contributed by atoms with van der Waals surface area (Å²) in [5.41, 5.74) is 2.46. The zero-order chi connectivity index (χ0) is 22.0. The molecule has 7 heteroatoms. The molecule has 0 saturated heterocycles. The highest BCUT2D eigenvalue weighted by Crippen LogP contribution is 2.29. The number of aromatic nitrogens is 1. The van der Waals surface area contributed by atoms with Crippen molar-refractivity contribution < 1.29 is 14.7 Å². The van der Waals surface area contributed by atoms with Crippen molar-refractivity contribution in [2.24, 2.45) is 11.8 Å². The molecule has 5 nitrogen and oxygen atoms in total. The molecule has 0 unspecified atom stereocenters. The van der Waals surface area contributed by atoms with Crippen molar-refractivity contribution in [2.75, 3.05) is 6.54 Å². The lowest BCUT2D eigenvalue weighted by Crippen LogP contribution is -2.32. The predicted molar refractivity (Wildman–Crippen MR) is 123 cm³/mol. The monoisotopic (exact) mass is 458 g/mol. The number of nitrogens with one attached hydrogen (secondary N) is 1. The van der Waals surface area contributed by atoms with Gasteiger partial charge in [-0.25, -0.2) is 0 Å². The first kappa shape index (κ1) is 21.7. The van der Waals surface area contributed by atoms with Gasteiger partial charge in [0, 0.05) is 34.7 Å². The summed E-state index contributed by atoms with van der Waals surface area (Å²) in [6.07, 6.45) is 4.92. The minimum absolute atomic E-state index is 0.163. The predicted octanol–water partition coefficient (Wildman–Crippen LogP) is 5.62. The van der Waals surface area contributed by atoms with Crippen molar-refractivity contribution in [1.82, 2.24) is 9.88 Å². The van der Waals surface area contributed by atoms with E-state index in [1.807, 2.05) is 47.2 Å². The van der Waals surface area contributed by atoms with Crippen molar-refractivity contribution in [3.63, 3.8) is 0 Å². The normalized spacial score (nSPS) is 18.8. The van der Waals surface area contributed by atoms with Gasteiger partial charge in [-0.3, -0.25) is 9.59 Å². The van der Waals surface area contributed by atoms with E-state index in [9.17, 15) is 9.59 Å². The fourth-order valence-electron chi connectivity index (χ4n) is 4.35. The number of nitrogens with zero attached hydrogens (tertiary/aromatic N) is 1. The fourth-order valence-corrected chi connectivity index (χ4v) is 4.70. The van der Waals surface area contributed by atoms with Crippen LogP contribution in [0.3, 0.4) is 0 Å². The van der Waals surface area contributed by atoms with Gasteiger partial charge in [0.25, 0.3) is 5.91 Å². The van der Waals surface area contributed by atoms with E-state index in [4.69, 9.17) is 28.3 Å². The van der Waals surface area contributed by atoms with Crippen LogP contribution < -0.4 is 5.32 Å². The van der Waals surface area contributed by atoms with Gasteiger partial charge in [-0.2, -0.15) is 0 Å². The second-order valence-corrected chi connectivity index (χ2v) is 9.10. The number of fused-ring (bicyclic) bond motifs is 1. The lowest BCUT2D eigenvalue weighted by atomic mass is 9.82. The molecule has 2 N–H and O–H groups in total. The first-order chi connectivity index (χ1) is 14.9. The third-order valence-electron chi connectivity index (χ3n) is 6.08. The zero-order valence-corrected chi connectivity index (χ0v) is 18.5. The van der Waals surface area contributed by atoms with Crippen LogP contribution in [0.25, 0.3) is 10.9 Å². The number of carboxylic acid groups (broad SMARTS) is 1. The summed E-state index contributed by atoms with van der Waals surface area (Å²) in [5.74, 6) is -0.833. The van der Waals surface area contributed by atoms with Crippen molar-refractivity contribution in [2.45, 2.75) is 32.2 Å². The third kappa shape index (κ3) is 5.05. The van der Waals surface area contributed by atoms with Gasteiger partial charge in [0.15, 0.2) is 0 Å². The zero-order valence-electron chi connectivity index (χ0n) is 17.0. The average Bonchev–Trinajstić information content (AvgIpc) is 3.15. The van der Waals surface area contributed by atoms with Gasteiger partial charge in [0.2, 0.25) is 0 Å². The van der Waals surface area contributed by atoms with Crippen LogP contribution >= 0.6 is 23.2 Å². The molecule has 162 valence electrons. The quantitative estimate of drug-likeness (QED) is 0.503. The molecule has 1 aromatic heterocycles. The molecular formula is C24H24Cl2N2O3. The van der Waals surface area contributed by atoms with Gasteiger partial charge in [0.1, 0.15) is 0 Å². The molecule has 4 rings (SSSR count). The highest BCUT2D eigenvalue weighted by Gasteiger charge is 2.26. The second-order valence-electron chi connectivity index (χ2n) is 8.23. The van der Waals surface area contributed by atoms with Crippen molar-refractivity contribution in [3.05, 3.63) is 69.8 Å². The molecule has 3 aromatic rings. The van der Waals surface area contributed by atoms with Crippen molar-refractivity contribution in [1.29, 1.82) is 0 Å². The van der Waals surface area contributed by atoms with Gasteiger partial charge in [-0.15, -0.1) is 0 Å². The summed E-state index contributed by atoms with van der Waals surface area (Å²) in [5, 5.41) is 14.3. The molecule has 1 fully saturated rings. The largest absolute Gasteiger partial charge is 0.481 e. The van der Waals surface area contributed by atoms with E-state index in [1.54, 1.807) is 6.07 Å². The van der Waals surface area contributed by atoms with Crippen LogP contribution in [0.1, 0.15) is 41.6 Å². The van der Waals surface area contributed by atoms with Gasteiger partial charge < -0.3 is 15.0 Å². The van der Waals surface area contributed by atoms with Gasteiger partial charge >= 0.3 is 5.97 Å². The second kappa shape index (κ2) is 9.33. The average molecular weight is 459 g/mol. The van der Waals surface area contributed by atoms with Crippen LogP contribution in [0.2, 0.25) is 10.0 Å². The highest BCUT2D eigenvalue weighted by molar-refractivity contribution is 6.32. The number of hydrogen-bond acceptors (Lipinski definition) is 2. The smallest absolute Gasteiger partial charge is 0.306 e. The first-order valence-electron chi connectivity index (χ1n) is 10.4. The van der Waals surface area contributed by atoms with Crippen LogP contribution in [-0.2, 0) is 11.3 Å². The Bertz CT molecular complexity index is 1100. The Hall–Kier alpha value is -2.50. The molecule has 1 aliphatic carbocycles. The molecule has 31 heavy (non-hydrogen) atoms. The number of carbonyl (C=O) groups is 2. The summed E-state index contributed by atoms with van der Waals surface area (Å²) in [7, 11) is 0. The summed E-state index contributed by atoms with van der Waals surface area (Å²) >= 11 is 12.3. The minimum Gasteiger partial charge on any atom is -0.481 e. The SMILES string of the molecule is O=C(NC[C@H]1CC[C@H](C(=O)O)CC1)c1cc(Cl)cc2ccn(Cc3ccc(Cl)cc3)c12. The maximum absolute atomic E-state index is 13.1. The number of carboxylic acids is 1. The highest BCUT2D eigenvalue weighted by atomic mass is 35.5. The summed E-state index contributed by atoms with van der Waals surface area (Å²) in [6, 6.07) is 13.2. The van der Waals surface area contributed by atoms with Crippen LogP contribution in [0.5, 0.6) is 0 Å². The Morgan fingerprint density at radius 3 is 2.39 bits per heavy atom. The number of aliphatic carboxylic acids is 1. The Morgan fingerprint density at radius 2 is 1.71 bits per heavy atom. The van der Waals surface area contributed by atoms with E-state index in [2.05, 4.69) is 5.32 Å². The van der Waals surface area contributed by atoms with Gasteiger partial charge in [-0.1, -0.05) is 35.3 Å². The summed E-state index contributed by atoms with van der Waals surface area (Å²) in [6.45, 7) is 1.15. The number of amides is 1. The maximum atomic E-state index is 13.1. The topological polar surface area (TPSA) is 71.3 Å². The van der Waals surface area contributed by atoms with E-state index in [0.717, 1.165) is 29.3 Å². The summed E-state index contributed by atoms with van der Waals surface area (Å²) in [4.78, 5) is 24.2. The number of hydrogen-bond donors (Lipinski definition) is 2. The first-order valence-corrected chi connectivity index (χ1v) is 11.2. The minimum atomic E-state index is -0.717. The molecule has 1 aliphatic rings. The molecular weight excluding hydrogens is 435 g/mol. The fraction of sp³-hybridized carbons (Fsp3) is 0.333. The summed E-state index contributed by atoms with van der Waals surface area (Å²) < 4.78 is 2.04. The molecule has 0 bridgehead atoms. The van der Waals surface area contributed by atoms with E-state index < -0.39 is 5.97 Å². The lowest BCUT2D eigenvalue weighted by Gasteiger charge is -2.26. The van der Waals surface area contributed by atoms with E-state index in [1.165, 1.54) is 0 Å².